The first-order valence-electron chi connectivity index (χ1n) is 8.00. The molecule has 1 amide bonds. The van der Waals surface area contributed by atoms with Crippen molar-refractivity contribution in [1.82, 2.24) is 15.3 Å². The molecule has 2 atom stereocenters. The molecule has 1 aliphatic carbocycles. The molecule has 1 heterocycles. The quantitative estimate of drug-likeness (QED) is 0.909. The molecule has 0 radical (unpaired) electrons. The van der Waals surface area contributed by atoms with E-state index < -0.39 is 0 Å². The maximum absolute atomic E-state index is 12.5. The molecule has 1 aliphatic rings. The maximum atomic E-state index is 12.5. The highest BCUT2D eigenvalue weighted by Crippen LogP contribution is 2.22. The van der Waals surface area contributed by atoms with Crippen LogP contribution in [0, 0.1) is 6.92 Å². The number of nitrogens with zero attached hydrogens (tertiary/aromatic N) is 2. The lowest BCUT2D eigenvalue weighted by atomic mass is 9.87. The highest BCUT2D eigenvalue weighted by atomic mass is 16.1. The van der Waals surface area contributed by atoms with E-state index in [4.69, 9.17) is 5.73 Å². The molecular weight excluding hydrogens is 288 g/mol. The zero-order chi connectivity index (χ0) is 16.4. The van der Waals surface area contributed by atoms with Crippen molar-refractivity contribution in [2.75, 3.05) is 0 Å². The second-order valence-corrected chi connectivity index (χ2v) is 6.21. The summed E-state index contributed by atoms with van der Waals surface area (Å²) in [4.78, 5) is 20.9. The Kier molecular flexibility index (Phi) is 4.39. The van der Waals surface area contributed by atoms with E-state index in [0.717, 1.165) is 25.0 Å². The first-order valence-corrected chi connectivity index (χ1v) is 8.00. The van der Waals surface area contributed by atoms with Crippen LogP contribution in [-0.4, -0.2) is 21.9 Å². The van der Waals surface area contributed by atoms with E-state index in [1.807, 2.05) is 38.1 Å². The summed E-state index contributed by atoms with van der Waals surface area (Å²) in [5.41, 5.74) is 10.0. The minimum absolute atomic E-state index is 0.0774. The lowest BCUT2D eigenvalue weighted by Crippen LogP contribution is -2.29. The number of fused-ring (bicyclic) bond motifs is 1. The first kappa shape index (κ1) is 15.6. The number of benzene rings is 1. The van der Waals surface area contributed by atoms with Crippen molar-refractivity contribution in [1.29, 1.82) is 0 Å². The van der Waals surface area contributed by atoms with Crippen molar-refractivity contribution in [3.63, 3.8) is 0 Å². The number of aryl methyl sites for hydroxylation is 2. The summed E-state index contributed by atoms with van der Waals surface area (Å²) in [6.07, 6.45) is 4.53. The molecule has 3 rings (SSSR count). The van der Waals surface area contributed by atoms with E-state index in [0.29, 0.717) is 11.4 Å². The van der Waals surface area contributed by atoms with E-state index in [9.17, 15) is 4.79 Å². The monoisotopic (exact) mass is 310 g/mol. The molecule has 1 aromatic carbocycles. The highest BCUT2D eigenvalue weighted by Gasteiger charge is 2.18. The molecule has 0 saturated carbocycles. The molecule has 0 fully saturated rings. The molecule has 1 aromatic heterocycles. The van der Waals surface area contributed by atoms with Gasteiger partial charge in [-0.15, -0.1) is 0 Å². The van der Waals surface area contributed by atoms with Crippen LogP contribution in [0.25, 0.3) is 0 Å². The first-order chi connectivity index (χ1) is 11.0. The Balaban J connectivity index is 1.73. The average Bonchev–Trinajstić information content (AvgIpc) is 2.54. The highest BCUT2D eigenvalue weighted by molar-refractivity contribution is 5.94. The Labute approximate surface area is 136 Å². The van der Waals surface area contributed by atoms with E-state index >= 15 is 0 Å². The van der Waals surface area contributed by atoms with Crippen LogP contribution in [-0.2, 0) is 12.8 Å². The second kappa shape index (κ2) is 6.46. The van der Waals surface area contributed by atoms with Crippen molar-refractivity contribution in [2.45, 2.75) is 45.2 Å². The number of hydrogen-bond acceptors (Lipinski definition) is 4. The van der Waals surface area contributed by atoms with Gasteiger partial charge < -0.3 is 11.1 Å². The predicted molar refractivity (Wildman–Crippen MR) is 89.1 cm³/mol. The van der Waals surface area contributed by atoms with Gasteiger partial charge in [0, 0.05) is 17.8 Å². The maximum Gasteiger partial charge on any atom is 0.251 e. The Hall–Kier alpha value is -2.27. The standard InChI is InChI=1S/C18H22N4O/c1-11(17-7-8-20-12(2)22-17)21-18(23)15-4-3-14-10-16(19)6-5-13(14)9-15/h3-4,7-9,11,16H,5-6,10,19H2,1-2H3,(H,21,23). The largest absolute Gasteiger partial charge is 0.344 e. The van der Waals surface area contributed by atoms with Gasteiger partial charge in [0.1, 0.15) is 5.82 Å². The normalized spacial score (nSPS) is 18.1. The van der Waals surface area contributed by atoms with Crippen molar-refractivity contribution >= 4 is 5.91 Å². The Morgan fingerprint density at radius 2 is 2.17 bits per heavy atom. The lowest BCUT2D eigenvalue weighted by Gasteiger charge is -2.22. The molecule has 0 bridgehead atoms. The van der Waals surface area contributed by atoms with Gasteiger partial charge in [0.15, 0.2) is 0 Å². The van der Waals surface area contributed by atoms with Gasteiger partial charge in [-0.3, -0.25) is 4.79 Å². The third kappa shape index (κ3) is 3.56. The van der Waals surface area contributed by atoms with E-state index in [2.05, 4.69) is 15.3 Å². The molecule has 2 aromatic rings. The van der Waals surface area contributed by atoms with Gasteiger partial charge in [0.2, 0.25) is 0 Å². The number of rotatable bonds is 3. The summed E-state index contributed by atoms with van der Waals surface area (Å²) in [7, 11) is 0. The third-order valence-corrected chi connectivity index (χ3v) is 4.32. The predicted octanol–water partition coefficient (Wildman–Crippen LogP) is 2.09. The fraction of sp³-hybridized carbons (Fsp3) is 0.389. The topological polar surface area (TPSA) is 80.9 Å². The van der Waals surface area contributed by atoms with Crippen LogP contribution >= 0.6 is 0 Å². The van der Waals surface area contributed by atoms with Crippen LogP contribution < -0.4 is 11.1 Å². The number of hydrogen-bond donors (Lipinski definition) is 2. The van der Waals surface area contributed by atoms with Crippen LogP contribution in [0.1, 0.15) is 52.4 Å². The summed E-state index contributed by atoms with van der Waals surface area (Å²) in [6.45, 7) is 3.77. The molecule has 5 heteroatoms. The van der Waals surface area contributed by atoms with Crippen molar-refractivity contribution in [3.05, 3.63) is 58.7 Å². The molecule has 23 heavy (non-hydrogen) atoms. The van der Waals surface area contributed by atoms with E-state index in [1.165, 1.54) is 11.1 Å². The lowest BCUT2D eigenvalue weighted by molar-refractivity contribution is 0.0939. The molecule has 120 valence electrons. The number of amides is 1. The van der Waals surface area contributed by atoms with Gasteiger partial charge in [-0.1, -0.05) is 6.07 Å². The van der Waals surface area contributed by atoms with Crippen molar-refractivity contribution in [2.24, 2.45) is 5.73 Å². The van der Waals surface area contributed by atoms with Gasteiger partial charge in [-0.2, -0.15) is 0 Å². The Morgan fingerprint density at radius 1 is 1.35 bits per heavy atom. The molecule has 0 saturated heterocycles. The molecular formula is C18H22N4O. The molecule has 2 unspecified atom stereocenters. The Morgan fingerprint density at radius 3 is 2.96 bits per heavy atom. The van der Waals surface area contributed by atoms with E-state index in [1.54, 1.807) is 6.20 Å². The third-order valence-electron chi connectivity index (χ3n) is 4.32. The second-order valence-electron chi connectivity index (χ2n) is 6.21. The zero-order valence-corrected chi connectivity index (χ0v) is 13.5. The van der Waals surface area contributed by atoms with Crippen LogP contribution in [0.4, 0.5) is 0 Å². The van der Waals surface area contributed by atoms with Gasteiger partial charge in [-0.05, 0) is 62.4 Å². The van der Waals surface area contributed by atoms with Crippen LogP contribution in [0.2, 0.25) is 0 Å². The number of nitrogens with one attached hydrogen (secondary N) is 1. The smallest absolute Gasteiger partial charge is 0.251 e. The SMILES string of the molecule is Cc1nccc(C(C)NC(=O)c2ccc3c(c2)CCC(N)C3)n1. The molecule has 3 N–H and O–H groups in total. The molecule has 0 spiro atoms. The Bertz CT molecular complexity index is 729. The summed E-state index contributed by atoms with van der Waals surface area (Å²) in [5, 5.41) is 3.00. The van der Waals surface area contributed by atoms with E-state index in [-0.39, 0.29) is 18.0 Å². The molecule has 0 aliphatic heterocycles. The van der Waals surface area contributed by atoms with Crippen LogP contribution in [0.3, 0.4) is 0 Å². The average molecular weight is 310 g/mol. The van der Waals surface area contributed by atoms with Gasteiger partial charge >= 0.3 is 0 Å². The summed E-state index contributed by atoms with van der Waals surface area (Å²) >= 11 is 0. The molecule has 5 nitrogen and oxygen atoms in total. The number of carbonyl (C=O) groups is 1. The van der Waals surface area contributed by atoms with Crippen molar-refractivity contribution < 1.29 is 4.79 Å². The van der Waals surface area contributed by atoms with Gasteiger partial charge in [-0.25, -0.2) is 9.97 Å². The fourth-order valence-electron chi connectivity index (χ4n) is 2.99. The number of carbonyl (C=O) groups excluding carboxylic acids is 1. The summed E-state index contributed by atoms with van der Waals surface area (Å²) < 4.78 is 0. The van der Waals surface area contributed by atoms with Gasteiger partial charge in [0.25, 0.3) is 5.91 Å². The van der Waals surface area contributed by atoms with Crippen LogP contribution in [0.15, 0.2) is 30.5 Å². The summed E-state index contributed by atoms with van der Waals surface area (Å²) in [6, 6.07) is 7.81. The number of nitrogens with two attached hydrogens (primary N) is 1. The summed E-state index contributed by atoms with van der Waals surface area (Å²) in [5.74, 6) is 0.625. The minimum Gasteiger partial charge on any atom is -0.344 e. The minimum atomic E-state index is -0.159. The van der Waals surface area contributed by atoms with Crippen LogP contribution in [0.5, 0.6) is 0 Å². The van der Waals surface area contributed by atoms with Crippen molar-refractivity contribution in [3.8, 4) is 0 Å². The van der Waals surface area contributed by atoms with Gasteiger partial charge in [0.05, 0.1) is 11.7 Å². The fourth-order valence-corrected chi connectivity index (χ4v) is 2.99. The number of aromatic nitrogens is 2. The zero-order valence-electron chi connectivity index (χ0n) is 13.5.